The molecular weight excluding hydrogens is 228 g/mol. The van der Waals surface area contributed by atoms with Gasteiger partial charge in [-0.25, -0.2) is 13.1 Å². The maximum atomic E-state index is 11.7. The van der Waals surface area contributed by atoms with Gasteiger partial charge in [0.15, 0.2) is 0 Å². The number of ether oxygens (including phenoxy) is 1. The Hall–Kier alpha value is -0.170. The first-order valence-electron chi connectivity index (χ1n) is 5.72. The van der Waals surface area contributed by atoms with Crippen molar-refractivity contribution in [3.05, 3.63) is 0 Å². The van der Waals surface area contributed by atoms with Gasteiger partial charge in [-0.15, -0.1) is 0 Å². The topological polar surface area (TPSA) is 67.4 Å². The van der Waals surface area contributed by atoms with E-state index in [1.807, 2.05) is 6.92 Å². The smallest absolute Gasteiger partial charge is 0.215 e. The zero-order valence-electron chi connectivity index (χ0n) is 10.5. The van der Waals surface area contributed by atoms with Crippen molar-refractivity contribution in [3.8, 4) is 0 Å². The first kappa shape index (κ1) is 15.8. The fraction of sp³-hybridized carbons (Fsp3) is 1.00. The Morgan fingerprint density at radius 3 is 2.56 bits per heavy atom. The Bertz CT molecular complexity index is 255. The highest BCUT2D eigenvalue weighted by Gasteiger charge is 2.18. The van der Waals surface area contributed by atoms with Crippen LogP contribution < -0.4 is 10.0 Å². The highest BCUT2D eigenvalue weighted by atomic mass is 32.2. The molecule has 0 amide bonds. The fourth-order valence-corrected chi connectivity index (χ4v) is 2.24. The minimum atomic E-state index is -3.17. The van der Waals surface area contributed by atoms with Crippen LogP contribution in [0.25, 0.3) is 0 Å². The third-order valence-electron chi connectivity index (χ3n) is 2.29. The van der Waals surface area contributed by atoms with Crippen molar-refractivity contribution in [2.45, 2.75) is 31.9 Å². The van der Waals surface area contributed by atoms with E-state index in [-0.39, 0.29) is 0 Å². The largest absolute Gasteiger partial charge is 0.385 e. The summed E-state index contributed by atoms with van der Waals surface area (Å²) in [5.41, 5.74) is 0. The molecule has 0 radical (unpaired) electrons. The number of hydrogen-bond donors (Lipinski definition) is 2. The van der Waals surface area contributed by atoms with E-state index in [1.165, 1.54) is 0 Å². The van der Waals surface area contributed by atoms with E-state index in [0.717, 1.165) is 19.4 Å². The molecule has 1 atom stereocenters. The second kappa shape index (κ2) is 8.92. The summed E-state index contributed by atoms with van der Waals surface area (Å²) >= 11 is 0. The van der Waals surface area contributed by atoms with Crippen molar-refractivity contribution in [2.24, 2.45) is 0 Å². The lowest BCUT2D eigenvalue weighted by Gasteiger charge is -2.14. The minimum absolute atomic E-state index is 0.394. The first-order chi connectivity index (χ1) is 7.54. The molecule has 0 saturated carbocycles. The van der Waals surface area contributed by atoms with Gasteiger partial charge in [0.1, 0.15) is 0 Å². The zero-order chi connectivity index (χ0) is 12.4. The van der Waals surface area contributed by atoms with Gasteiger partial charge in [-0.1, -0.05) is 6.92 Å². The molecule has 98 valence electrons. The Balaban J connectivity index is 3.77. The van der Waals surface area contributed by atoms with Crippen molar-refractivity contribution in [2.75, 3.05) is 33.4 Å². The Labute approximate surface area is 99.0 Å². The van der Waals surface area contributed by atoms with Crippen LogP contribution in [0.2, 0.25) is 0 Å². The van der Waals surface area contributed by atoms with Crippen molar-refractivity contribution >= 4 is 10.0 Å². The maximum Gasteiger partial charge on any atom is 0.215 e. The summed E-state index contributed by atoms with van der Waals surface area (Å²) in [6.45, 7) is 6.10. The molecule has 0 aliphatic carbocycles. The van der Waals surface area contributed by atoms with E-state index < -0.39 is 15.3 Å². The van der Waals surface area contributed by atoms with Gasteiger partial charge >= 0.3 is 0 Å². The summed E-state index contributed by atoms with van der Waals surface area (Å²) in [7, 11) is -1.53. The number of sulfonamides is 1. The molecule has 0 aliphatic rings. The third-order valence-corrected chi connectivity index (χ3v) is 4.12. The SMILES string of the molecule is CCNCC(C)S(=O)(=O)NCCCCOC. The van der Waals surface area contributed by atoms with Crippen LogP contribution in [0.1, 0.15) is 26.7 Å². The molecule has 0 heterocycles. The quantitative estimate of drug-likeness (QED) is 0.550. The lowest BCUT2D eigenvalue weighted by atomic mass is 10.3. The number of hydrogen-bond acceptors (Lipinski definition) is 4. The lowest BCUT2D eigenvalue weighted by molar-refractivity contribution is 0.193. The summed E-state index contributed by atoms with van der Waals surface area (Å²) in [6.07, 6.45) is 1.68. The van der Waals surface area contributed by atoms with Gasteiger partial charge in [0.2, 0.25) is 10.0 Å². The van der Waals surface area contributed by atoms with Crippen LogP contribution >= 0.6 is 0 Å². The van der Waals surface area contributed by atoms with Gasteiger partial charge in [-0.3, -0.25) is 0 Å². The molecule has 0 saturated heterocycles. The summed E-state index contributed by atoms with van der Waals surface area (Å²) in [5.74, 6) is 0. The van der Waals surface area contributed by atoms with Gasteiger partial charge in [0, 0.05) is 26.8 Å². The summed E-state index contributed by atoms with van der Waals surface area (Å²) in [5, 5.41) is 2.63. The highest BCUT2D eigenvalue weighted by molar-refractivity contribution is 7.90. The predicted molar refractivity (Wildman–Crippen MR) is 66.0 cm³/mol. The molecule has 6 heteroatoms. The highest BCUT2D eigenvalue weighted by Crippen LogP contribution is 1.97. The van der Waals surface area contributed by atoms with Gasteiger partial charge in [0.05, 0.1) is 5.25 Å². The normalized spacial score (nSPS) is 13.9. The maximum absolute atomic E-state index is 11.7. The van der Waals surface area contributed by atoms with Crippen LogP contribution in [-0.2, 0) is 14.8 Å². The molecule has 0 aromatic rings. The Morgan fingerprint density at radius 1 is 1.31 bits per heavy atom. The van der Waals surface area contributed by atoms with Gasteiger partial charge < -0.3 is 10.1 Å². The molecule has 1 unspecified atom stereocenters. The van der Waals surface area contributed by atoms with Crippen LogP contribution in [-0.4, -0.2) is 47.0 Å². The lowest BCUT2D eigenvalue weighted by Crippen LogP contribution is -2.39. The molecule has 16 heavy (non-hydrogen) atoms. The van der Waals surface area contributed by atoms with E-state index in [0.29, 0.717) is 19.7 Å². The average molecular weight is 252 g/mol. The van der Waals surface area contributed by atoms with Crippen molar-refractivity contribution in [3.63, 3.8) is 0 Å². The van der Waals surface area contributed by atoms with Crippen LogP contribution in [0.15, 0.2) is 0 Å². The molecule has 0 aromatic heterocycles. The second-order valence-corrected chi connectivity index (χ2v) is 5.94. The average Bonchev–Trinajstić information content (AvgIpc) is 2.25. The molecule has 0 aliphatic heterocycles. The van der Waals surface area contributed by atoms with Crippen molar-refractivity contribution in [1.82, 2.24) is 10.0 Å². The monoisotopic (exact) mass is 252 g/mol. The van der Waals surface area contributed by atoms with E-state index in [9.17, 15) is 8.42 Å². The summed E-state index contributed by atoms with van der Waals surface area (Å²) in [4.78, 5) is 0. The Morgan fingerprint density at radius 2 is 2.00 bits per heavy atom. The minimum Gasteiger partial charge on any atom is -0.385 e. The van der Waals surface area contributed by atoms with Crippen LogP contribution in [0.5, 0.6) is 0 Å². The number of unbranched alkanes of at least 4 members (excludes halogenated alkanes) is 1. The van der Waals surface area contributed by atoms with Gasteiger partial charge in [-0.2, -0.15) is 0 Å². The molecule has 0 bridgehead atoms. The van der Waals surface area contributed by atoms with Crippen molar-refractivity contribution < 1.29 is 13.2 Å². The van der Waals surface area contributed by atoms with E-state index in [4.69, 9.17) is 4.74 Å². The molecule has 5 nitrogen and oxygen atoms in total. The summed E-state index contributed by atoms with van der Waals surface area (Å²) in [6, 6.07) is 0. The number of methoxy groups -OCH3 is 1. The van der Waals surface area contributed by atoms with Gasteiger partial charge in [0.25, 0.3) is 0 Å². The molecule has 0 rings (SSSR count). The van der Waals surface area contributed by atoms with Crippen LogP contribution in [0.4, 0.5) is 0 Å². The molecule has 2 N–H and O–H groups in total. The first-order valence-corrected chi connectivity index (χ1v) is 7.27. The van der Waals surface area contributed by atoms with Crippen LogP contribution in [0.3, 0.4) is 0 Å². The number of rotatable bonds is 10. The molecule has 0 aromatic carbocycles. The predicted octanol–water partition coefficient (Wildman–Crippen LogP) is 0.330. The van der Waals surface area contributed by atoms with Crippen LogP contribution in [0, 0.1) is 0 Å². The standard InChI is InChI=1S/C10H24N2O3S/c1-4-11-9-10(2)16(13,14)12-7-5-6-8-15-3/h10-12H,4-9H2,1-3H3. The van der Waals surface area contributed by atoms with Gasteiger partial charge in [-0.05, 0) is 26.3 Å². The molecule has 0 spiro atoms. The van der Waals surface area contributed by atoms with E-state index >= 15 is 0 Å². The molecular formula is C10H24N2O3S. The van der Waals surface area contributed by atoms with E-state index in [1.54, 1.807) is 14.0 Å². The zero-order valence-corrected chi connectivity index (χ0v) is 11.3. The number of nitrogens with one attached hydrogen (secondary N) is 2. The fourth-order valence-electron chi connectivity index (χ4n) is 1.19. The third kappa shape index (κ3) is 7.16. The second-order valence-electron chi connectivity index (χ2n) is 3.76. The Kier molecular flexibility index (Phi) is 8.83. The molecule has 0 fully saturated rings. The summed E-state index contributed by atoms with van der Waals surface area (Å²) < 4.78 is 30.9. The van der Waals surface area contributed by atoms with E-state index in [2.05, 4.69) is 10.0 Å². The van der Waals surface area contributed by atoms with Crippen molar-refractivity contribution in [1.29, 1.82) is 0 Å².